The predicted molar refractivity (Wildman–Crippen MR) is 117 cm³/mol. The summed E-state index contributed by atoms with van der Waals surface area (Å²) in [7, 11) is 0. The van der Waals surface area contributed by atoms with Gasteiger partial charge in [0.25, 0.3) is 0 Å². The second kappa shape index (κ2) is 10.1. The summed E-state index contributed by atoms with van der Waals surface area (Å²) < 4.78 is 2.10. The molecule has 1 heterocycles. The normalized spacial score (nSPS) is 11.8. The summed E-state index contributed by atoms with van der Waals surface area (Å²) in [5.74, 6) is -0.00393. The highest BCUT2D eigenvalue weighted by Gasteiger charge is 2.19. The van der Waals surface area contributed by atoms with Crippen molar-refractivity contribution in [3.05, 3.63) is 72.4 Å². The molecule has 1 atom stereocenters. The van der Waals surface area contributed by atoms with Gasteiger partial charge in [-0.1, -0.05) is 72.4 Å². The van der Waals surface area contributed by atoms with Crippen LogP contribution >= 0.6 is 11.8 Å². The lowest BCUT2D eigenvalue weighted by molar-refractivity contribution is -0.125. The fourth-order valence-corrected chi connectivity index (χ4v) is 3.99. The fraction of sp³-hybridized carbons (Fsp3) is 0.261. The Morgan fingerprint density at radius 2 is 1.72 bits per heavy atom. The van der Waals surface area contributed by atoms with Crippen LogP contribution in [0, 0.1) is 0 Å². The maximum atomic E-state index is 12.5. The molecule has 3 aromatic rings. The third kappa shape index (κ3) is 5.57. The number of carbonyl (C=O) groups excluding carboxylic acids is 2. The van der Waals surface area contributed by atoms with Crippen LogP contribution in [0.25, 0.3) is 11.3 Å². The van der Waals surface area contributed by atoms with E-state index in [1.807, 2.05) is 66.9 Å². The number of imidazole rings is 1. The van der Waals surface area contributed by atoms with E-state index in [2.05, 4.69) is 21.8 Å². The lowest BCUT2D eigenvalue weighted by Gasteiger charge is -2.16. The van der Waals surface area contributed by atoms with E-state index in [-0.39, 0.29) is 17.4 Å². The number of benzene rings is 2. The minimum absolute atomic E-state index is 0.0476. The lowest BCUT2D eigenvalue weighted by Crippen LogP contribution is -2.42. The first-order chi connectivity index (χ1) is 14.1. The maximum absolute atomic E-state index is 12.5. The van der Waals surface area contributed by atoms with Gasteiger partial charge in [0.15, 0.2) is 10.9 Å². The van der Waals surface area contributed by atoms with Crippen molar-refractivity contribution in [1.82, 2.24) is 14.9 Å². The van der Waals surface area contributed by atoms with Crippen LogP contribution in [-0.2, 0) is 22.6 Å². The maximum Gasteiger partial charge on any atom is 0.231 e. The van der Waals surface area contributed by atoms with Crippen molar-refractivity contribution >= 4 is 23.5 Å². The largest absolute Gasteiger partial charge is 0.345 e. The molecule has 1 aromatic heterocycles. The van der Waals surface area contributed by atoms with Gasteiger partial charge in [-0.3, -0.25) is 9.59 Å². The minimum atomic E-state index is -0.517. The van der Waals surface area contributed by atoms with E-state index in [1.54, 1.807) is 0 Å². The molecular weight excluding hydrogens is 382 g/mol. The number of aromatic nitrogens is 2. The van der Waals surface area contributed by atoms with Crippen molar-refractivity contribution in [2.75, 3.05) is 5.75 Å². The number of nitrogens with one attached hydrogen (secondary N) is 1. The zero-order chi connectivity index (χ0) is 20.6. The molecule has 0 saturated carbocycles. The van der Waals surface area contributed by atoms with E-state index in [9.17, 15) is 9.59 Å². The number of carbonyl (C=O) groups is 2. The standard InChI is InChI=1S/C23H25N3O2S/c1-3-26-21(19-12-8-5-9-13-19)15-24-23(26)29-16-22(28)25-20(17(2)27)14-18-10-6-4-7-11-18/h4-13,15,20H,3,14,16H2,1-2H3,(H,25,28)/t20-/m1/s1. The summed E-state index contributed by atoms with van der Waals surface area (Å²) in [5.41, 5.74) is 3.15. The van der Waals surface area contributed by atoms with Gasteiger partial charge >= 0.3 is 0 Å². The SMILES string of the molecule is CCn1c(-c2ccccc2)cnc1SCC(=O)N[C@H](Cc1ccccc1)C(C)=O. The van der Waals surface area contributed by atoms with Crippen LogP contribution in [0.1, 0.15) is 19.4 Å². The fourth-order valence-electron chi connectivity index (χ4n) is 3.13. The van der Waals surface area contributed by atoms with Gasteiger partial charge in [-0.2, -0.15) is 0 Å². The molecule has 0 aliphatic heterocycles. The first kappa shape index (κ1) is 20.9. The topological polar surface area (TPSA) is 64.0 Å². The van der Waals surface area contributed by atoms with Crippen LogP contribution in [0.4, 0.5) is 0 Å². The van der Waals surface area contributed by atoms with Crippen LogP contribution in [0.2, 0.25) is 0 Å². The molecule has 0 fully saturated rings. The smallest absolute Gasteiger partial charge is 0.231 e. The van der Waals surface area contributed by atoms with Crippen molar-refractivity contribution in [3.63, 3.8) is 0 Å². The number of thioether (sulfide) groups is 1. The van der Waals surface area contributed by atoms with E-state index in [0.29, 0.717) is 6.42 Å². The first-order valence-electron chi connectivity index (χ1n) is 9.66. The van der Waals surface area contributed by atoms with E-state index < -0.39 is 6.04 Å². The van der Waals surface area contributed by atoms with Gasteiger partial charge in [-0.05, 0) is 31.4 Å². The van der Waals surface area contributed by atoms with Gasteiger partial charge in [-0.25, -0.2) is 4.98 Å². The van der Waals surface area contributed by atoms with E-state index in [4.69, 9.17) is 0 Å². The Balaban J connectivity index is 1.62. The van der Waals surface area contributed by atoms with Crippen molar-refractivity contribution in [2.45, 2.75) is 38.0 Å². The molecule has 0 spiro atoms. The molecule has 0 saturated heterocycles. The monoisotopic (exact) mass is 407 g/mol. The summed E-state index contributed by atoms with van der Waals surface area (Å²) in [6, 6.07) is 19.3. The van der Waals surface area contributed by atoms with Crippen molar-refractivity contribution < 1.29 is 9.59 Å². The highest BCUT2D eigenvalue weighted by atomic mass is 32.2. The Kier molecular flexibility index (Phi) is 7.25. The number of ketones is 1. The van der Waals surface area contributed by atoms with E-state index in [0.717, 1.165) is 28.5 Å². The van der Waals surface area contributed by atoms with Crippen LogP contribution < -0.4 is 5.32 Å². The quantitative estimate of drug-likeness (QED) is 0.545. The summed E-state index contributed by atoms with van der Waals surface area (Å²) in [6.07, 6.45) is 2.33. The third-order valence-corrected chi connectivity index (χ3v) is 5.64. The second-order valence-corrected chi connectivity index (χ2v) is 7.69. The molecule has 0 aliphatic carbocycles. The molecule has 6 heteroatoms. The van der Waals surface area contributed by atoms with Crippen LogP contribution in [-0.4, -0.2) is 33.0 Å². The molecular formula is C23H25N3O2S. The molecule has 5 nitrogen and oxygen atoms in total. The zero-order valence-corrected chi connectivity index (χ0v) is 17.5. The Labute approximate surface area is 175 Å². The molecule has 0 radical (unpaired) electrons. The molecule has 150 valence electrons. The number of amides is 1. The van der Waals surface area contributed by atoms with Gasteiger partial charge in [0, 0.05) is 6.54 Å². The Bertz CT molecular complexity index is 955. The number of nitrogens with zero attached hydrogens (tertiary/aromatic N) is 2. The Morgan fingerprint density at radius 3 is 2.34 bits per heavy atom. The van der Waals surface area contributed by atoms with Crippen molar-refractivity contribution in [3.8, 4) is 11.3 Å². The van der Waals surface area contributed by atoms with Crippen molar-refractivity contribution in [2.24, 2.45) is 0 Å². The predicted octanol–water partition coefficient (Wildman–Crippen LogP) is 3.98. The number of hydrogen-bond acceptors (Lipinski definition) is 4. The number of rotatable bonds is 9. The van der Waals surface area contributed by atoms with Crippen LogP contribution in [0.15, 0.2) is 72.0 Å². The molecule has 29 heavy (non-hydrogen) atoms. The summed E-state index contributed by atoms with van der Waals surface area (Å²) in [6.45, 7) is 4.33. The Hall–Kier alpha value is -2.86. The van der Waals surface area contributed by atoms with Crippen molar-refractivity contribution in [1.29, 1.82) is 0 Å². The van der Waals surface area contributed by atoms with Crippen LogP contribution in [0.3, 0.4) is 0 Å². The van der Waals surface area contributed by atoms with E-state index in [1.165, 1.54) is 18.7 Å². The first-order valence-corrected chi connectivity index (χ1v) is 10.6. The summed E-state index contributed by atoms with van der Waals surface area (Å²) in [4.78, 5) is 29.0. The molecule has 3 rings (SSSR count). The molecule has 0 bridgehead atoms. The molecule has 0 unspecified atom stereocenters. The highest BCUT2D eigenvalue weighted by Crippen LogP contribution is 2.25. The molecule has 1 N–H and O–H groups in total. The second-order valence-electron chi connectivity index (χ2n) is 6.75. The molecule has 1 amide bonds. The summed E-state index contributed by atoms with van der Waals surface area (Å²) in [5, 5.41) is 3.66. The average Bonchev–Trinajstić information content (AvgIpc) is 3.16. The van der Waals surface area contributed by atoms with Gasteiger partial charge in [0.1, 0.15) is 0 Å². The molecule has 0 aliphatic rings. The lowest BCUT2D eigenvalue weighted by atomic mass is 10.0. The number of Topliss-reactive ketones (excluding diaryl/α,β-unsaturated/α-hetero) is 1. The number of hydrogen-bond donors (Lipinski definition) is 1. The van der Waals surface area contributed by atoms with Gasteiger partial charge < -0.3 is 9.88 Å². The third-order valence-electron chi connectivity index (χ3n) is 4.65. The molecule has 2 aromatic carbocycles. The highest BCUT2D eigenvalue weighted by molar-refractivity contribution is 7.99. The zero-order valence-electron chi connectivity index (χ0n) is 16.7. The minimum Gasteiger partial charge on any atom is -0.345 e. The van der Waals surface area contributed by atoms with Gasteiger partial charge in [0.2, 0.25) is 5.91 Å². The van der Waals surface area contributed by atoms with Gasteiger partial charge in [-0.15, -0.1) is 0 Å². The van der Waals surface area contributed by atoms with Crippen LogP contribution in [0.5, 0.6) is 0 Å². The summed E-state index contributed by atoms with van der Waals surface area (Å²) >= 11 is 1.38. The average molecular weight is 408 g/mol. The Morgan fingerprint density at radius 1 is 1.07 bits per heavy atom. The van der Waals surface area contributed by atoms with Gasteiger partial charge in [0.05, 0.1) is 23.7 Å². The van der Waals surface area contributed by atoms with E-state index >= 15 is 0 Å².